The molecule has 0 atom stereocenters. The Balaban J connectivity index is 1.89. The van der Waals surface area contributed by atoms with E-state index in [1.807, 2.05) is 18.2 Å². The monoisotopic (exact) mass is 289 g/mol. The van der Waals surface area contributed by atoms with Crippen molar-refractivity contribution in [2.24, 2.45) is 0 Å². The van der Waals surface area contributed by atoms with Gasteiger partial charge in [-0.25, -0.2) is 0 Å². The van der Waals surface area contributed by atoms with Gasteiger partial charge in [0.2, 0.25) is 5.91 Å². The molecule has 0 heterocycles. The Labute approximate surface area is 130 Å². The van der Waals surface area contributed by atoms with E-state index in [0.717, 1.165) is 19.4 Å². The second kappa shape index (κ2) is 12.4. The van der Waals surface area contributed by atoms with Gasteiger partial charge in [0.05, 0.1) is 0 Å². The van der Waals surface area contributed by atoms with Crippen molar-refractivity contribution in [1.82, 2.24) is 5.32 Å². The van der Waals surface area contributed by atoms with Gasteiger partial charge in [-0.2, -0.15) is 0 Å². The smallest absolute Gasteiger partial charge is 0.220 e. The van der Waals surface area contributed by atoms with Crippen LogP contribution in [-0.2, 0) is 11.2 Å². The molecule has 1 rings (SSSR count). The van der Waals surface area contributed by atoms with Crippen LogP contribution in [0, 0.1) is 0 Å². The fraction of sp³-hybridized carbons (Fsp3) is 0.632. The number of rotatable bonds is 12. The van der Waals surface area contributed by atoms with Crippen molar-refractivity contribution in [1.29, 1.82) is 0 Å². The summed E-state index contributed by atoms with van der Waals surface area (Å²) in [6.07, 6.45) is 11.9. The predicted molar refractivity (Wildman–Crippen MR) is 90.4 cm³/mol. The predicted octanol–water partition coefficient (Wildman–Crippen LogP) is 4.88. The average molecular weight is 289 g/mol. The Kier molecular flexibility index (Phi) is 10.5. The summed E-state index contributed by atoms with van der Waals surface area (Å²) >= 11 is 0. The van der Waals surface area contributed by atoms with Crippen LogP contribution in [0.5, 0.6) is 0 Å². The van der Waals surface area contributed by atoms with Gasteiger partial charge in [-0.1, -0.05) is 82.2 Å². The third-order valence-corrected chi connectivity index (χ3v) is 3.84. The first-order valence-corrected chi connectivity index (χ1v) is 8.63. The van der Waals surface area contributed by atoms with Crippen molar-refractivity contribution in [2.75, 3.05) is 6.54 Å². The first-order valence-electron chi connectivity index (χ1n) is 8.63. The molecule has 0 radical (unpaired) electrons. The van der Waals surface area contributed by atoms with Crippen molar-refractivity contribution < 1.29 is 4.79 Å². The van der Waals surface area contributed by atoms with Crippen LogP contribution in [0.3, 0.4) is 0 Å². The summed E-state index contributed by atoms with van der Waals surface area (Å²) in [7, 11) is 0. The number of unbranched alkanes of at least 4 members (excludes halogenated alkanes) is 7. The average Bonchev–Trinajstić information content (AvgIpc) is 2.52. The highest BCUT2D eigenvalue weighted by atomic mass is 16.1. The number of hydrogen-bond donors (Lipinski definition) is 1. The number of carbonyl (C=O) groups is 1. The summed E-state index contributed by atoms with van der Waals surface area (Å²) in [4.78, 5) is 11.7. The fourth-order valence-electron chi connectivity index (χ4n) is 2.48. The zero-order valence-corrected chi connectivity index (χ0v) is 13.6. The molecule has 1 N–H and O–H groups in total. The molecule has 0 aliphatic rings. The summed E-state index contributed by atoms with van der Waals surface area (Å²) in [5.74, 6) is 0.182. The molecule has 0 spiro atoms. The van der Waals surface area contributed by atoms with Gasteiger partial charge in [0.25, 0.3) is 0 Å². The summed E-state index contributed by atoms with van der Waals surface area (Å²) < 4.78 is 0. The van der Waals surface area contributed by atoms with Gasteiger partial charge in [0.1, 0.15) is 0 Å². The highest BCUT2D eigenvalue weighted by Gasteiger charge is 2.01. The lowest BCUT2D eigenvalue weighted by molar-refractivity contribution is -0.121. The van der Waals surface area contributed by atoms with E-state index < -0.39 is 0 Å². The van der Waals surface area contributed by atoms with Crippen molar-refractivity contribution in [2.45, 2.75) is 71.1 Å². The van der Waals surface area contributed by atoms with Crippen molar-refractivity contribution in [3.63, 3.8) is 0 Å². The zero-order valence-electron chi connectivity index (χ0n) is 13.6. The molecular formula is C19H31NO. The molecule has 2 heteroatoms. The maximum atomic E-state index is 11.7. The largest absolute Gasteiger partial charge is 0.356 e. The maximum Gasteiger partial charge on any atom is 0.220 e. The molecule has 0 aliphatic heterocycles. The van der Waals surface area contributed by atoms with Gasteiger partial charge in [0.15, 0.2) is 0 Å². The van der Waals surface area contributed by atoms with Crippen molar-refractivity contribution in [3.05, 3.63) is 35.9 Å². The van der Waals surface area contributed by atoms with E-state index in [4.69, 9.17) is 0 Å². The second-order valence-corrected chi connectivity index (χ2v) is 5.81. The molecule has 0 unspecified atom stereocenters. The Bertz CT molecular complexity index is 361. The normalized spacial score (nSPS) is 10.5. The molecule has 0 saturated carbocycles. The third-order valence-electron chi connectivity index (χ3n) is 3.84. The first kappa shape index (κ1) is 17.7. The molecule has 1 aromatic carbocycles. The van der Waals surface area contributed by atoms with E-state index in [0.29, 0.717) is 6.42 Å². The summed E-state index contributed by atoms with van der Waals surface area (Å²) in [5.41, 5.74) is 1.24. The van der Waals surface area contributed by atoms with Crippen LogP contribution in [0.2, 0.25) is 0 Å². The molecule has 2 nitrogen and oxygen atoms in total. The minimum absolute atomic E-state index is 0.182. The highest BCUT2D eigenvalue weighted by molar-refractivity contribution is 5.76. The summed E-state index contributed by atoms with van der Waals surface area (Å²) in [6, 6.07) is 10.2. The second-order valence-electron chi connectivity index (χ2n) is 5.81. The van der Waals surface area contributed by atoms with Crippen LogP contribution in [-0.4, -0.2) is 12.5 Å². The van der Waals surface area contributed by atoms with Crippen LogP contribution in [0.1, 0.15) is 70.3 Å². The quantitative estimate of drug-likeness (QED) is 0.546. The molecule has 0 aromatic heterocycles. The van der Waals surface area contributed by atoms with E-state index in [-0.39, 0.29) is 5.91 Å². The van der Waals surface area contributed by atoms with Gasteiger partial charge in [-0.05, 0) is 18.4 Å². The first-order chi connectivity index (χ1) is 10.3. The van der Waals surface area contributed by atoms with Gasteiger partial charge >= 0.3 is 0 Å². The lowest BCUT2D eigenvalue weighted by atomic mass is 10.1. The molecule has 21 heavy (non-hydrogen) atoms. The van der Waals surface area contributed by atoms with Crippen molar-refractivity contribution >= 4 is 5.91 Å². The number of nitrogens with one attached hydrogen (secondary N) is 1. The van der Waals surface area contributed by atoms with Crippen LogP contribution in [0.4, 0.5) is 0 Å². The topological polar surface area (TPSA) is 29.1 Å². The van der Waals surface area contributed by atoms with Gasteiger partial charge in [-0.3, -0.25) is 4.79 Å². The molecule has 1 aromatic rings. The fourth-order valence-corrected chi connectivity index (χ4v) is 2.48. The highest BCUT2D eigenvalue weighted by Crippen LogP contribution is 2.08. The van der Waals surface area contributed by atoms with E-state index in [1.54, 1.807) is 0 Å². The molecule has 0 saturated heterocycles. The Morgan fingerprint density at radius 1 is 0.905 bits per heavy atom. The number of carbonyl (C=O) groups excluding carboxylic acids is 1. The third kappa shape index (κ3) is 10.1. The Morgan fingerprint density at radius 3 is 2.19 bits per heavy atom. The van der Waals surface area contributed by atoms with E-state index in [1.165, 1.54) is 50.5 Å². The minimum atomic E-state index is 0.182. The number of benzene rings is 1. The van der Waals surface area contributed by atoms with Crippen LogP contribution < -0.4 is 5.32 Å². The van der Waals surface area contributed by atoms with E-state index in [2.05, 4.69) is 24.4 Å². The van der Waals surface area contributed by atoms with Gasteiger partial charge < -0.3 is 5.32 Å². The SMILES string of the molecule is CCCCCCCCCCNC(=O)CCc1ccccc1. The van der Waals surface area contributed by atoms with Crippen LogP contribution in [0.25, 0.3) is 0 Å². The number of amides is 1. The molecule has 0 aliphatic carbocycles. The van der Waals surface area contributed by atoms with Crippen LogP contribution in [0.15, 0.2) is 30.3 Å². The van der Waals surface area contributed by atoms with Gasteiger partial charge in [-0.15, -0.1) is 0 Å². The molecule has 0 bridgehead atoms. The minimum Gasteiger partial charge on any atom is -0.356 e. The van der Waals surface area contributed by atoms with Crippen molar-refractivity contribution in [3.8, 4) is 0 Å². The molecule has 1 amide bonds. The molecule has 0 fully saturated rings. The zero-order chi connectivity index (χ0) is 15.2. The lowest BCUT2D eigenvalue weighted by Crippen LogP contribution is -2.24. The maximum absolute atomic E-state index is 11.7. The Hall–Kier alpha value is -1.31. The van der Waals surface area contributed by atoms with Gasteiger partial charge in [0, 0.05) is 13.0 Å². The number of hydrogen-bond acceptors (Lipinski definition) is 1. The summed E-state index contributed by atoms with van der Waals surface area (Å²) in [5, 5.41) is 3.03. The molecular weight excluding hydrogens is 258 g/mol. The standard InChI is InChI=1S/C19H31NO/c1-2-3-4-5-6-7-8-12-17-20-19(21)16-15-18-13-10-9-11-14-18/h9-11,13-14H,2-8,12,15-17H2,1H3,(H,20,21). The van der Waals surface area contributed by atoms with Crippen LogP contribution >= 0.6 is 0 Å². The van der Waals surface area contributed by atoms with E-state index >= 15 is 0 Å². The van der Waals surface area contributed by atoms with E-state index in [9.17, 15) is 4.79 Å². The lowest BCUT2D eigenvalue weighted by Gasteiger charge is -2.05. The Morgan fingerprint density at radius 2 is 1.52 bits per heavy atom. The summed E-state index contributed by atoms with van der Waals surface area (Å²) in [6.45, 7) is 3.09. The number of aryl methyl sites for hydroxylation is 1. The molecule has 118 valence electrons.